The summed E-state index contributed by atoms with van der Waals surface area (Å²) >= 11 is 0. The minimum absolute atomic E-state index is 0.197. The van der Waals surface area contributed by atoms with Crippen molar-refractivity contribution < 1.29 is 19.0 Å². The number of anilines is 2. The molecular formula is C25H26N4O5. The Hall–Kier alpha value is -3.43. The molecule has 2 aromatic heterocycles. The number of aromatic amines is 1. The molecule has 6 rings (SSSR count). The maximum atomic E-state index is 13.6. The number of pyridine rings is 2. The Morgan fingerprint density at radius 2 is 1.94 bits per heavy atom. The minimum atomic E-state index is -0.242. The number of ether oxygens (including phenoxy) is 3. The summed E-state index contributed by atoms with van der Waals surface area (Å²) in [6.45, 7) is 5.96. The average molecular weight is 463 g/mol. The lowest BCUT2D eigenvalue weighted by molar-refractivity contribution is 0.102. The predicted molar refractivity (Wildman–Crippen MR) is 127 cm³/mol. The van der Waals surface area contributed by atoms with Gasteiger partial charge in [0.1, 0.15) is 11.6 Å². The molecule has 9 nitrogen and oxygen atoms in total. The highest BCUT2D eigenvalue weighted by atomic mass is 16.5. The first-order valence-corrected chi connectivity index (χ1v) is 11.5. The van der Waals surface area contributed by atoms with E-state index in [0.717, 1.165) is 48.5 Å². The van der Waals surface area contributed by atoms with Crippen LogP contribution in [0.15, 0.2) is 29.1 Å². The molecule has 0 saturated carbocycles. The van der Waals surface area contributed by atoms with Crippen LogP contribution in [0.1, 0.15) is 27.2 Å². The molecule has 0 radical (unpaired) electrons. The molecule has 0 bridgehead atoms. The molecule has 2 atom stereocenters. The molecule has 0 aliphatic carbocycles. The highest BCUT2D eigenvalue weighted by molar-refractivity contribution is 6.09. The van der Waals surface area contributed by atoms with E-state index in [-0.39, 0.29) is 11.5 Å². The molecule has 34 heavy (non-hydrogen) atoms. The van der Waals surface area contributed by atoms with Crippen LogP contribution in [0.2, 0.25) is 0 Å². The number of aromatic nitrogens is 2. The molecule has 3 aliphatic rings. The predicted octanol–water partition coefficient (Wildman–Crippen LogP) is 2.61. The van der Waals surface area contributed by atoms with Gasteiger partial charge in [-0.05, 0) is 24.6 Å². The zero-order valence-electron chi connectivity index (χ0n) is 19.1. The fourth-order valence-corrected chi connectivity index (χ4v) is 5.28. The lowest BCUT2D eigenvalue weighted by atomic mass is 10.0. The van der Waals surface area contributed by atoms with Gasteiger partial charge in [-0.2, -0.15) is 0 Å². The summed E-state index contributed by atoms with van der Waals surface area (Å²) < 4.78 is 16.7. The number of hydrogen-bond donors (Lipinski definition) is 2. The maximum absolute atomic E-state index is 13.6. The molecule has 2 unspecified atom stereocenters. The van der Waals surface area contributed by atoms with E-state index in [2.05, 4.69) is 15.2 Å². The van der Waals surface area contributed by atoms with Crippen molar-refractivity contribution in [3.63, 3.8) is 0 Å². The lowest BCUT2D eigenvalue weighted by Crippen LogP contribution is -2.27. The van der Waals surface area contributed by atoms with Crippen molar-refractivity contribution in [1.29, 1.82) is 0 Å². The molecule has 3 aliphatic heterocycles. The largest absolute Gasteiger partial charge is 0.494 e. The molecule has 3 aromatic rings. The molecule has 1 amide bonds. The molecular weight excluding hydrogens is 436 g/mol. The first-order valence-electron chi connectivity index (χ1n) is 11.5. The first-order chi connectivity index (χ1) is 16.5. The van der Waals surface area contributed by atoms with Gasteiger partial charge < -0.3 is 29.4 Å². The lowest BCUT2D eigenvalue weighted by Gasteiger charge is -2.22. The van der Waals surface area contributed by atoms with Gasteiger partial charge in [-0.15, -0.1) is 0 Å². The van der Waals surface area contributed by atoms with Gasteiger partial charge in [0.2, 0.25) is 5.56 Å². The van der Waals surface area contributed by atoms with Gasteiger partial charge in [-0.1, -0.05) is 0 Å². The molecule has 1 aromatic carbocycles. The number of nitrogens with zero attached hydrogens (tertiary/aromatic N) is 2. The van der Waals surface area contributed by atoms with E-state index in [0.29, 0.717) is 53.4 Å². The third-order valence-corrected chi connectivity index (χ3v) is 7.05. The Balaban J connectivity index is 1.37. The van der Waals surface area contributed by atoms with Crippen LogP contribution in [-0.4, -0.2) is 49.3 Å². The Morgan fingerprint density at radius 3 is 2.71 bits per heavy atom. The maximum Gasteiger partial charge on any atom is 0.259 e. The minimum Gasteiger partial charge on any atom is -0.494 e. The number of fused-ring (bicyclic) bond motifs is 3. The molecule has 176 valence electrons. The van der Waals surface area contributed by atoms with Crippen LogP contribution in [-0.2, 0) is 22.7 Å². The average Bonchev–Trinajstić information content (AvgIpc) is 3.54. The van der Waals surface area contributed by atoms with Gasteiger partial charge in [0.05, 0.1) is 50.3 Å². The highest BCUT2D eigenvalue weighted by Gasteiger charge is 2.39. The SMILES string of the molecule is COc1cc(NC(=O)c2cc3c(nc2N2CC4COCC4C2)COC3)cc2c(C)cc(=O)[nH]c12. The number of rotatable bonds is 4. The Kier molecular flexibility index (Phi) is 5.04. The van der Waals surface area contributed by atoms with E-state index < -0.39 is 0 Å². The summed E-state index contributed by atoms with van der Waals surface area (Å²) in [6.07, 6.45) is 0. The summed E-state index contributed by atoms with van der Waals surface area (Å²) in [4.78, 5) is 35.4. The van der Waals surface area contributed by atoms with Gasteiger partial charge in [-0.25, -0.2) is 4.98 Å². The van der Waals surface area contributed by atoms with Gasteiger partial charge in [0.15, 0.2) is 0 Å². The van der Waals surface area contributed by atoms with Crippen molar-refractivity contribution in [2.45, 2.75) is 20.1 Å². The number of carbonyl (C=O) groups excluding carboxylic acids is 1. The fraction of sp³-hybridized carbons (Fsp3) is 0.400. The molecule has 2 fully saturated rings. The summed E-state index contributed by atoms with van der Waals surface area (Å²) in [5.74, 6) is 1.88. The van der Waals surface area contributed by atoms with Crippen LogP contribution >= 0.6 is 0 Å². The van der Waals surface area contributed by atoms with Crippen molar-refractivity contribution in [3.8, 4) is 5.75 Å². The molecule has 5 heterocycles. The zero-order chi connectivity index (χ0) is 23.4. The van der Waals surface area contributed by atoms with E-state index in [9.17, 15) is 9.59 Å². The third-order valence-electron chi connectivity index (χ3n) is 7.05. The number of aryl methyl sites for hydroxylation is 1. The summed E-state index contributed by atoms with van der Waals surface area (Å²) in [5.41, 5.74) is 4.16. The van der Waals surface area contributed by atoms with Crippen molar-refractivity contribution in [3.05, 3.63) is 57.0 Å². The Labute approximate surface area is 196 Å². The first kappa shape index (κ1) is 21.1. The van der Waals surface area contributed by atoms with Gasteiger partial charge in [-0.3, -0.25) is 9.59 Å². The quantitative estimate of drug-likeness (QED) is 0.614. The second-order valence-electron chi connectivity index (χ2n) is 9.29. The van der Waals surface area contributed by atoms with Crippen LogP contribution in [0.25, 0.3) is 10.9 Å². The van der Waals surface area contributed by atoms with E-state index in [4.69, 9.17) is 19.2 Å². The van der Waals surface area contributed by atoms with Crippen LogP contribution in [0.4, 0.5) is 11.5 Å². The number of H-pyrrole nitrogens is 1. The van der Waals surface area contributed by atoms with Crippen molar-refractivity contribution in [2.75, 3.05) is 43.6 Å². The second-order valence-corrected chi connectivity index (χ2v) is 9.29. The van der Waals surface area contributed by atoms with E-state index >= 15 is 0 Å². The number of amides is 1. The number of hydrogen-bond acceptors (Lipinski definition) is 7. The monoisotopic (exact) mass is 462 g/mol. The van der Waals surface area contributed by atoms with Crippen molar-refractivity contribution in [1.82, 2.24) is 9.97 Å². The molecule has 0 spiro atoms. The van der Waals surface area contributed by atoms with E-state index in [1.54, 1.807) is 6.07 Å². The number of carbonyl (C=O) groups is 1. The number of methoxy groups -OCH3 is 1. The second kappa shape index (κ2) is 8.11. The van der Waals surface area contributed by atoms with E-state index in [1.807, 2.05) is 19.1 Å². The normalized spacial score (nSPS) is 21.1. The van der Waals surface area contributed by atoms with Crippen molar-refractivity contribution in [2.24, 2.45) is 11.8 Å². The Morgan fingerprint density at radius 1 is 1.15 bits per heavy atom. The van der Waals surface area contributed by atoms with Crippen LogP contribution in [0, 0.1) is 18.8 Å². The fourth-order valence-electron chi connectivity index (χ4n) is 5.28. The number of benzene rings is 1. The van der Waals surface area contributed by atoms with Gasteiger partial charge >= 0.3 is 0 Å². The van der Waals surface area contributed by atoms with Gasteiger partial charge in [0.25, 0.3) is 5.91 Å². The summed E-state index contributed by atoms with van der Waals surface area (Å²) in [6, 6.07) is 7.01. The van der Waals surface area contributed by atoms with Crippen LogP contribution < -0.4 is 20.5 Å². The van der Waals surface area contributed by atoms with Gasteiger partial charge in [0, 0.05) is 53.7 Å². The topological polar surface area (TPSA) is 106 Å². The molecule has 2 N–H and O–H groups in total. The highest BCUT2D eigenvalue weighted by Crippen LogP contribution is 2.36. The third kappa shape index (κ3) is 3.52. The van der Waals surface area contributed by atoms with Crippen LogP contribution in [0.5, 0.6) is 5.75 Å². The summed E-state index contributed by atoms with van der Waals surface area (Å²) in [7, 11) is 1.54. The van der Waals surface area contributed by atoms with E-state index in [1.165, 1.54) is 13.2 Å². The molecule has 2 saturated heterocycles. The standard InChI is InChI=1S/C25H26N4O5/c1-13-3-22(30)28-23-18(13)5-17(6-21(23)32-2)26-25(31)19-4-14-9-34-12-20(14)27-24(19)29-7-15-10-33-11-16(15)8-29/h3-6,15-16H,7-12H2,1-2H3,(H,26,31)(H,28,30). The molecule has 9 heteroatoms. The zero-order valence-corrected chi connectivity index (χ0v) is 19.1. The van der Waals surface area contributed by atoms with Crippen molar-refractivity contribution >= 4 is 28.3 Å². The van der Waals surface area contributed by atoms with Crippen LogP contribution in [0.3, 0.4) is 0 Å². The number of nitrogens with one attached hydrogen (secondary N) is 2. The summed E-state index contributed by atoms with van der Waals surface area (Å²) in [5, 5.41) is 3.84. The smallest absolute Gasteiger partial charge is 0.259 e. The Bertz CT molecular complexity index is 1360.